The van der Waals surface area contributed by atoms with Crippen molar-refractivity contribution >= 4 is 50.7 Å². The van der Waals surface area contributed by atoms with Crippen LogP contribution in [0.5, 0.6) is 0 Å². The fourth-order valence-corrected chi connectivity index (χ4v) is 8.98. The summed E-state index contributed by atoms with van der Waals surface area (Å²) in [6.07, 6.45) is 5.62. The zero-order valence-corrected chi connectivity index (χ0v) is 31.3. The van der Waals surface area contributed by atoms with E-state index in [0.717, 1.165) is 18.4 Å². The molecule has 14 heteroatoms. The predicted molar refractivity (Wildman–Crippen MR) is 200 cm³/mol. The molecule has 1 spiro atoms. The minimum Gasteiger partial charge on any atom is -0.455 e. The van der Waals surface area contributed by atoms with Crippen LogP contribution in [0.15, 0.2) is 79.9 Å². The van der Waals surface area contributed by atoms with Gasteiger partial charge in [0.25, 0.3) is 0 Å². The number of hydrogen-bond acceptors (Lipinski definition) is 9. The number of allylic oxidation sites excluding steroid dienone is 1. The molecule has 3 aliphatic rings. The first kappa shape index (κ1) is 38.3. The minimum atomic E-state index is -1.30. The predicted octanol–water partition coefficient (Wildman–Crippen LogP) is 4.07. The molecule has 1 aromatic heterocycles. The molecule has 3 aromatic rings. The summed E-state index contributed by atoms with van der Waals surface area (Å²) in [5.41, 5.74) is 0.825. The standard InChI is InChI=1S/C39H47BrN6O7/c1-3-5-19-31(48)41-24-30(26-15-9-8-10-16-26)52-38(51)32-33-36(49)45(21-13-6-7-14-22-47)35(39(33)23-27(40)34(32)53-39)37(50)44(20-4-2)25-46-29-18-12-11-17-28(29)42-43-46/h3-4,8-12,15-18,27,30,32-35,47H,1-2,5-7,13-14,19-25H2,(H,41,48)/t27?,30-,32+,33-,34+,35+,39-/m0/s1. The first-order valence-corrected chi connectivity index (χ1v) is 19.2. The number of carbonyl (C=O) groups excluding carboxylic acids is 4. The maximum atomic E-state index is 14.9. The van der Waals surface area contributed by atoms with Crippen molar-refractivity contribution in [2.75, 3.05) is 26.2 Å². The van der Waals surface area contributed by atoms with E-state index < -0.39 is 41.7 Å². The van der Waals surface area contributed by atoms with Crippen LogP contribution in [-0.2, 0) is 35.3 Å². The summed E-state index contributed by atoms with van der Waals surface area (Å²) in [6, 6.07) is 15.6. The molecular formula is C39H47BrN6O7. The van der Waals surface area contributed by atoms with Crippen LogP contribution >= 0.6 is 15.9 Å². The van der Waals surface area contributed by atoms with Crippen LogP contribution in [0, 0.1) is 11.8 Å². The largest absolute Gasteiger partial charge is 0.455 e. The molecule has 13 nitrogen and oxygen atoms in total. The van der Waals surface area contributed by atoms with Crippen molar-refractivity contribution in [3.05, 3.63) is 85.5 Å². The molecular weight excluding hydrogens is 744 g/mol. The first-order valence-electron chi connectivity index (χ1n) is 18.3. The highest BCUT2D eigenvalue weighted by Crippen LogP contribution is 2.60. The normalized spacial score (nSPS) is 24.9. The van der Waals surface area contributed by atoms with Crippen molar-refractivity contribution in [3.63, 3.8) is 0 Å². The monoisotopic (exact) mass is 790 g/mol. The summed E-state index contributed by atoms with van der Waals surface area (Å²) in [6.45, 7) is 8.20. The van der Waals surface area contributed by atoms with E-state index in [9.17, 15) is 24.3 Å². The zero-order chi connectivity index (χ0) is 37.5. The Morgan fingerprint density at radius 1 is 1.09 bits per heavy atom. The fraction of sp³-hybridized carbons (Fsp3) is 0.487. The van der Waals surface area contributed by atoms with E-state index in [1.165, 1.54) is 0 Å². The maximum Gasteiger partial charge on any atom is 0.313 e. The summed E-state index contributed by atoms with van der Waals surface area (Å²) >= 11 is 3.75. The van der Waals surface area contributed by atoms with E-state index in [-0.39, 0.29) is 61.9 Å². The number of rotatable bonds is 19. The smallest absolute Gasteiger partial charge is 0.313 e. The van der Waals surface area contributed by atoms with Gasteiger partial charge in [-0.2, -0.15) is 0 Å². The Hall–Kier alpha value is -4.40. The SMILES string of the molecule is C=CCCC(=O)NC[C@H](OC(=O)[C@H]1[C@@H]2O[C@@]3(CC2Br)[C@@H]1C(=O)N(CCCCCCO)[C@@H]3C(=O)N(CC=C)Cn1nnc2ccccc21)c1ccccc1. The summed E-state index contributed by atoms with van der Waals surface area (Å²) in [4.78, 5) is 59.4. The molecule has 2 bridgehead atoms. The Morgan fingerprint density at radius 2 is 1.85 bits per heavy atom. The number of esters is 1. The van der Waals surface area contributed by atoms with E-state index in [0.29, 0.717) is 36.8 Å². The van der Waals surface area contributed by atoms with Gasteiger partial charge in [0.1, 0.15) is 29.9 Å². The second-order valence-electron chi connectivity index (χ2n) is 13.9. The molecule has 3 saturated heterocycles. The van der Waals surface area contributed by atoms with Gasteiger partial charge < -0.3 is 29.7 Å². The van der Waals surface area contributed by atoms with Gasteiger partial charge in [-0.05, 0) is 43.4 Å². The molecule has 0 radical (unpaired) electrons. The number of aliphatic hydroxyl groups excluding tert-OH is 1. The molecule has 7 atom stereocenters. The summed E-state index contributed by atoms with van der Waals surface area (Å²) in [5, 5.41) is 20.7. The van der Waals surface area contributed by atoms with E-state index >= 15 is 0 Å². The van der Waals surface area contributed by atoms with Crippen molar-refractivity contribution in [2.24, 2.45) is 11.8 Å². The van der Waals surface area contributed by atoms with Gasteiger partial charge in [-0.1, -0.05) is 88.6 Å². The summed E-state index contributed by atoms with van der Waals surface area (Å²) < 4.78 is 14.6. The molecule has 0 saturated carbocycles. The Kier molecular flexibility index (Phi) is 12.4. The average molecular weight is 792 g/mol. The van der Waals surface area contributed by atoms with Crippen molar-refractivity contribution in [2.45, 2.75) is 80.3 Å². The number of fused-ring (bicyclic) bond motifs is 2. The topological polar surface area (TPSA) is 156 Å². The quantitative estimate of drug-likeness (QED) is 0.0792. The van der Waals surface area contributed by atoms with E-state index in [2.05, 4.69) is 44.7 Å². The van der Waals surface area contributed by atoms with Gasteiger partial charge in [-0.15, -0.1) is 18.3 Å². The number of unbranched alkanes of at least 4 members (excludes halogenated alkanes) is 3. The van der Waals surface area contributed by atoms with Crippen LogP contribution < -0.4 is 5.32 Å². The van der Waals surface area contributed by atoms with Gasteiger partial charge in [0, 0.05) is 30.9 Å². The number of nitrogens with zero attached hydrogens (tertiary/aromatic N) is 5. The van der Waals surface area contributed by atoms with Crippen molar-refractivity contribution in [1.29, 1.82) is 0 Å². The number of carbonyl (C=O) groups is 4. The van der Waals surface area contributed by atoms with Crippen LogP contribution in [0.3, 0.4) is 0 Å². The third kappa shape index (κ3) is 7.81. The number of likely N-dealkylation sites (tertiary alicyclic amines) is 1. The lowest BCUT2D eigenvalue weighted by Crippen LogP contribution is -2.57. The second-order valence-corrected chi connectivity index (χ2v) is 15.0. The molecule has 0 aliphatic carbocycles. The molecule has 6 rings (SSSR count). The lowest BCUT2D eigenvalue weighted by molar-refractivity contribution is -0.160. The Bertz CT molecular complexity index is 1800. The Morgan fingerprint density at radius 3 is 2.60 bits per heavy atom. The Balaban J connectivity index is 1.30. The van der Waals surface area contributed by atoms with Gasteiger partial charge in [-0.3, -0.25) is 19.2 Å². The van der Waals surface area contributed by atoms with E-state index in [1.54, 1.807) is 26.6 Å². The van der Waals surface area contributed by atoms with Crippen LogP contribution in [0.1, 0.15) is 56.6 Å². The molecule has 3 fully saturated rings. The first-order chi connectivity index (χ1) is 25.7. The van der Waals surface area contributed by atoms with Crippen molar-refractivity contribution < 1.29 is 33.8 Å². The molecule has 2 aromatic carbocycles. The lowest BCUT2D eigenvalue weighted by atomic mass is 9.70. The molecule has 3 amide bonds. The van der Waals surface area contributed by atoms with Gasteiger partial charge >= 0.3 is 5.97 Å². The molecule has 4 heterocycles. The third-order valence-electron chi connectivity index (χ3n) is 10.5. The van der Waals surface area contributed by atoms with Crippen molar-refractivity contribution in [1.82, 2.24) is 30.1 Å². The number of hydrogen-bond donors (Lipinski definition) is 2. The Labute approximate surface area is 317 Å². The average Bonchev–Trinajstić information content (AvgIpc) is 3.89. The minimum absolute atomic E-state index is 0.0417. The number of para-hydroxylation sites is 1. The highest BCUT2D eigenvalue weighted by molar-refractivity contribution is 9.09. The van der Waals surface area contributed by atoms with Crippen LogP contribution in [0.4, 0.5) is 0 Å². The number of amides is 3. The van der Waals surface area contributed by atoms with Gasteiger partial charge in [0.05, 0.1) is 30.0 Å². The summed E-state index contributed by atoms with van der Waals surface area (Å²) in [5.74, 6) is -3.44. The number of halogens is 1. The maximum absolute atomic E-state index is 14.9. The molecule has 282 valence electrons. The van der Waals surface area contributed by atoms with Gasteiger partial charge in [-0.25, -0.2) is 4.68 Å². The number of aromatic nitrogens is 3. The number of benzene rings is 2. The molecule has 53 heavy (non-hydrogen) atoms. The van der Waals surface area contributed by atoms with Crippen LogP contribution in [0.2, 0.25) is 0 Å². The molecule has 1 unspecified atom stereocenters. The zero-order valence-electron chi connectivity index (χ0n) is 29.7. The van der Waals surface area contributed by atoms with Gasteiger partial charge in [0.15, 0.2) is 0 Å². The highest BCUT2D eigenvalue weighted by atomic mass is 79.9. The summed E-state index contributed by atoms with van der Waals surface area (Å²) in [7, 11) is 0. The lowest BCUT2D eigenvalue weighted by Gasteiger charge is -2.37. The van der Waals surface area contributed by atoms with Crippen molar-refractivity contribution in [3.8, 4) is 0 Å². The van der Waals surface area contributed by atoms with Crippen LogP contribution in [0.25, 0.3) is 11.0 Å². The molecule has 2 N–H and O–H groups in total. The number of alkyl halides is 1. The third-order valence-corrected chi connectivity index (χ3v) is 11.3. The molecule has 3 aliphatic heterocycles. The van der Waals surface area contributed by atoms with Crippen LogP contribution in [-0.4, -0.2) is 102 Å². The number of aliphatic hydroxyl groups is 1. The van der Waals surface area contributed by atoms with Gasteiger partial charge in [0.2, 0.25) is 17.7 Å². The van der Waals surface area contributed by atoms with E-state index in [4.69, 9.17) is 9.47 Å². The second kappa shape index (κ2) is 17.2. The highest BCUT2D eigenvalue weighted by Gasteiger charge is 2.77. The fourth-order valence-electron chi connectivity index (χ4n) is 8.04. The number of nitrogens with one attached hydrogen (secondary N) is 1. The van der Waals surface area contributed by atoms with E-state index in [1.807, 2.05) is 54.6 Å². The number of ether oxygens (including phenoxy) is 2.